The third-order valence-electron chi connectivity index (χ3n) is 3.40. The zero-order valence-corrected chi connectivity index (χ0v) is 13.2. The highest BCUT2D eigenvalue weighted by atomic mass is 19.1. The first-order chi connectivity index (χ1) is 10.9. The summed E-state index contributed by atoms with van der Waals surface area (Å²) in [5.41, 5.74) is 1.63. The van der Waals surface area contributed by atoms with Crippen LogP contribution in [0, 0.1) is 5.82 Å². The minimum absolute atomic E-state index is 0.301. The Labute approximate surface area is 134 Å². The zero-order chi connectivity index (χ0) is 17.0. The van der Waals surface area contributed by atoms with Crippen LogP contribution in [0.2, 0.25) is 0 Å². The number of carbonyl (C=O) groups is 2. The number of hydrogen-bond acceptors (Lipinski definition) is 4. The highest BCUT2D eigenvalue weighted by Gasteiger charge is 2.20. The Hall–Kier alpha value is -2.69. The van der Waals surface area contributed by atoms with E-state index in [0.717, 1.165) is 5.69 Å². The van der Waals surface area contributed by atoms with E-state index in [1.807, 2.05) is 19.0 Å². The molecule has 0 N–H and O–H groups in total. The molecule has 4 nitrogen and oxygen atoms in total. The summed E-state index contributed by atoms with van der Waals surface area (Å²) in [6.45, 7) is 1.50. The number of carbonyl (C=O) groups excluding carboxylic acids is 2. The molecule has 2 rings (SSSR count). The maximum atomic E-state index is 12.9. The van der Waals surface area contributed by atoms with Crippen LogP contribution in [0.1, 0.15) is 27.6 Å². The van der Waals surface area contributed by atoms with E-state index >= 15 is 0 Å². The van der Waals surface area contributed by atoms with Gasteiger partial charge < -0.3 is 9.64 Å². The van der Waals surface area contributed by atoms with Gasteiger partial charge in [-0.2, -0.15) is 0 Å². The van der Waals surface area contributed by atoms with Gasteiger partial charge in [-0.1, -0.05) is 0 Å². The van der Waals surface area contributed by atoms with E-state index < -0.39 is 17.9 Å². The molecule has 0 bridgehead atoms. The van der Waals surface area contributed by atoms with Gasteiger partial charge in [0, 0.05) is 25.3 Å². The van der Waals surface area contributed by atoms with Gasteiger partial charge >= 0.3 is 5.97 Å². The Morgan fingerprint density at radius 3 is 2.00 bits per heavy atom. The summed E-state index contributed by atoms with van der Waals surface area (Å²) in [5.74, 6) is -1.37. The lowest BCUT2D eigenvalue weighted by molar-refractivity contribution is 0.0319. The lowest BCUT2D eigenvalue weighted by Crippen LogP contribution is -2.24. The lowest BCUT2D eigenvalue weighted by Gasteiger charge is -2.14. The van der Waals surface area contributed by atoms with Crippen molar-refractivity contribution in [3.63, 3.8) is 0 Å². The largest absolute Gasteiger partial charge is 0.451 e. The van der Waals surface area contributed by atoms with Crippen LogP contribution >= 0.6 is 0 Å². The van der Waals surface area contributed by atoms with Crippen LogP contribution < -0.4 is 4.90 Å². The van der Waals surface area contributed by atoms with Crippen molar-refractivity contribution in [1.29, 1.82) is 0 Å². The van der Waals surface area contributed by atoms with E-state index in [9.17, 15) is 14.0 Å². The lowest BCUT2D eigenvalue weighted by atomic mass is 10.1. The van der Waals surface area contributed by atoms with E-state index in [4.69, 9.17) is 4.74 Å². The molecular formula is C18H18FNO3. The minimum Gasteiger partial charge on any atom is -0.451 e. The number of hydrogen-bond donors (Lipinski definition) is 0. The number of Topliss-reactive ketones (excluding diaryl/α,β-unsaturated/α-hetero) is 1. The second-order valence-corrected chi connectivity index (χ2v) is 5.36. The fourth-order valence-electron chi connectivity index (χ4n) is 2.03. The minimum atomic E-state index is -0.943. The van der Waals surface area contributed by atoms with E-state index in [1.54, 1.807) is 24.3 Å². The standard InChI is InChI=1S/C18H18FNO3/c1-12(17(21)13-4-8-15(19)9-5-13)23-18(22)14-6-10-16(11-7-14)20(2)3/h4-12H,1-3H3/t12-/m0/s1. The molecule has 0 aliphatic rings. The molecule has 0 aliphatic heterocycles. The van der Waals surface area contributed by atoms with Gasteiger partial charge in [0.1, 0.15) is 5.82 Å². The van der Waals surface area contributed by atoms with Crippen molar-refractivity contribution < 1.29 is 18.7 Å². The second kappa shape index (κ2) is 7.05. The number of halogens is 1. The number of ether oxygens (including phenoxy) is 1. The number of anilines is 1. The van der Waals surface area contributed by atoms with Gasteiger partial charge in [0.25, 0.3) is 0 Å². The first-order valence-electron chi connectivity index (χ1n) is 7.16. The third-order valence-corrected chi connectivity index (χ3v) is 3.40. The molecule has 1 atom stereocenters. The third kappa shape index (κ3) is 4.16. The fraction of sp³-hybridized carbons (Fsp3) is 0.222. The van der Waals surface area contributed by atoms with Crippen molar-refractivity contribution in [2.24, 2.45) is 0 Å². The van der Waals surface area contributed by atoms with Gasteiger partial charge in [-0.05, 0) is 55.5 Å². The first kappa shape index (κ1) is 16.7. The molecular weight excluding hydrogens is 297 g/mol. The van der Waals surface area contributed by atoms with Crippen LogP contribution in [0.4, 0.5) is 10.1 Å². The number of esters is 1. The quantitative estimate of drug-likeness (QED) is 0.627. The highest BCUT2D eigenvalue weighted by molar-refractivity contribution is 6.01. The molecule has 0 radical (unpaired) electrons. The molecule has 0 heterocycles. The molecule has 2 aromatic carbocycles. The number of rotatable bonds is 5. The molecule has 0 saturated heterocycles. The molecule has 0 aliphatic carbocycles. The van der Waals surface area contributed by atoms with Crippen molar-refractivity contribution in [3.05, 3.63) is 65.5 Å². The molecule has 0 spiro atoms. The maximum absolute atomic E-state index is 12.9. The molecule has 23 heavy (non-hydrogen) atoms. The highest BCUT2D eigenvalue weighted by Crippen LogP contribution is 2.15. The Morgan fingerprint density at radius 1 is 0.957 bits per heavy atom. The van der Waals surface area contributed by atoms with Crippen molar-refractivity contribution >= 4 is 17.4 Å². The van der Waals surface area contributed by atoms with Gasteiger partial charge in [-0.15, -0.1) is 0 Å². The van der Waals surface area contributed by atoms with E-state index in [0.29, 0.717) is 11.1 Å². The summed E-state index contributed by atoms with van der Waals surface area (Å²) in [4.78, 5) is 26.2. The molecule has 2 aromatic rings. The zero-order valence-electron chi connectivity index (χ0n) is 13.2. The average molecular weight is 315 g/mol. The van der Waals surface area contributed by atoms with Gasteiger partial charge in [0.05, 0.1) is 5.56 Å². The molecule has 0 unspecified atom stereocenters. The van der Waals surface area contributed by atoms with Crippen LogP contribution in [0.15, 0.2) is 48.5 Å². The molecule has 120 valence electrons. The van der Waals surface area contributed by atoms with Gasteiger partial charge in [0.2, 0.25) is 5.78 Å². The molecule has 5 heteroatoms. The van der Waals surface area contributed by atoms with Crippen molar-refractivity contribution in [2.45, 2.75) is 13.0 Å². The Morgan fingerprint density at radius 2 is 1.48 bits per heavy atom. The average Bonchev–Trinajstić information content (AvgIpc) is 2.54. The van der Waals surface area contributed by atoms with Crippen LogP contribution in [0.3, 0.4) is 0 Å². The van der Waals surface area contributed by atoms with Gasteiger partial charge in [-0.25, -0.2) is 9.18 Å². The summed E-state index contributed by atoms with van der Waals surface area (Å²) in [6, 6.07) is 12.0. The summed E-state index contributed by atoms with van der Waals surface area (Å²) in [5, 5.41) is 0. The van der Waals surface area contributed by atoms with Gasteiger partial charge in [-0.3, -0.25) is 4.79 Å². The van der Waals surface area contributed by atoms with Crippen molar-refractivity contribution in [3.8, 4) is 0 Å². The molecule has 0 saturated carbocycles. The number of ketones is 1. The Bertz CT molecular complexity index is 693. The molecule has 0 fully saturated rings. The number of nitrogens with zero attached hydrogens (tertiary/aromatic N) is 1. The van der Waals surface area contributed by atoms with Crippen LogP contribution in [-0.4, -0.2) is 32.0 Å². The predicted molar refractivity (Wildman–Crippen MR) is 86.4 cm³/mol. The summed E-state index contributed by atoms with van der Waals surface area (Å²) in [7, 11) is 3.80. The summed E-state index contributed by atoms with van der Waals surface area (Å²) in [6.07, 6.45) is -0.943. The van der Waals surface area contributed by atoms with E-state index in [-0.39, 0.29) is 5.78 Å². The summed E-state index contributed by atoms with van der Waals surface area (Å²) < 4.78 is 18.1. The van der Waals surface area contributed by atoms with Crippen LogP contribution in [0.5, 0.6) is 0 Å². The fourth-order valence-corrected chi connectivity index (χ4v) is 2.03. The molecule has 0 aromatic heterocycles. The smallest absolute Gasteiger partial charge is 0.338 e. The monoisotopic (exact) mass is 315 g/mol. The second-order valence-electron chi connectivity index (χ2n) is 5.36. The van der Waals surface area contributed by atoms with Crippen LogP contribution in [-0.2, 0) is 4.74 Å². The summed E-state index contributed by atoms with van der Waals surface area (Å²) >= 11 is 0. The molecule has 0 amide bonds. The predicted octanol–water partition coefficient (Wildman–Crippen LogP) is 3.32. The van der Waals surface area contributed by atoms with Crippen LogP contribution in [0.25, 0.3) is 0 Å². The van der Waals surface area contributed by atoms with E-state index in [1.165, 1.54) is 31.2 Å². The first-order valence-corrected chi connectivity index (χ1v) is 7.16. The van der Waals surface area contributed by atoms with Gasteiger partial charge in [0.15, 0.2) is 6.10 Å². The van der Waals surface area contributed by atoms with Crippen molar-refractivity contribution in [1.82, 2.24) is 0 Å². The topological polar surface area (TPSA) is 46.6 Å². The Kier molecular flexibility index (Phi) is 5.11. The maximum Gasteiger partial charge on any atom is 0.338 e. The number of benzene rings is 2. The normalized spacial score (nSPS) is 11.7. The SMILES string of the molecule is C[C@H](OC(=O)c1ccc(N(C)C)cc1)C(=O)c1ccc(F)cc1. The van der Waals surface area contributed by atoms with Crippen molar-refractivity contribution in [2.75, 3.05) is 19.0 Å². The van der Waals surface area contributed by atoms with E-state index in [2.05, 4.69) is 0 Å². The Balaban J connectivity index is 2.04.